The molecule has 1 N–H and O–H groups in total. The lowest BCUT2D eigenvalue weighted by molar-refractivity contribution is 0.0651. The van der Waals surface area contributed by atoms with Gasteiger partial charge in [0.05, 0.1) is 0 Å². The molecule has 0 fully saturated rings. The lowest BCUT2D eigenvalue weighted by Crippen LogP contribution is -1.97. The predicted octanol–water partition coefficient (Wildman–Crippen LogP) is 3.27. The van der Waals surface area contributed by atoms with Gasteiger partial charge in [-0.3, -0.25) is 0 Å². The van der Waals surface area contributed by atoms with Crippen molar-refractivity contribution < 1.29 is 14.4 Å². The molecule has 1 aromatic heterocycles. The van der Waals surface area contributed by atoms with Crippen molar-refractivity contribution in [3.05, 3.63) is 40.1 Å². The number of aromatic carboxylic acids is 1. The number of aromatic nitrogens is 1. The van der Waals surface area contributed by atoms with Gasteiger partial charge in [-0.15, -0.1) is 0 Å². The molecular weight excluding hydrogens is 230 g/mol. The van der Waals surface area contributed by atoms with Gasteiger partial charge in [0.15, 0.2) is 0 Å². The van der Waals surface area contributed by atoms with Gasteiger partial charge in [-0.1, -0.05) is 22.9 Å². The van der Waals surface area contributed by atoms with E-state index in [0.717, 1.165) is 16.7 Å². The van der Waals surface area contributed by atoms with Crippen molar-refractivity contribution in [2.24, 2.45) is 0 Å². The molecule has 0 amide bonds. The predicted molar refractivity (Wildman–Crippen MR) is 67.8 cm³/mol. The van der Waals surface area contributed by atoms with Crippen molar-refractivity contribution in [2.45, 2.75) is 27.7 Å². The van der Waals surface area contributed by atoms with Gasteiger partial charge >= 0.3 is 5.97 Å². The monoisotopic (exact) mass is 245 g/mol. The smallest absolute Gasteiger partial charge is 0.375 e. The molecule has 4 heteroatoms. The minimum atomic E-state index is -1.09. The molecule has 0 radical (unpaired) electrons. The summed E-state index contributed by atoms with van der Waals surface area (Å²) in [6.45, 7) is 7.73. The van der Waals surface area contributed by atoms with E-state index < -0.39 is 5.97 Å². The van der Waals surface area contributed by atoms with Crippen molar-refractivity contribution in [3.8, 4) is 11.3 Å². The highest BCUT2D eigenvalue weighted by Gasteiger charge is 2.21. The Morgan fingerprint density at radius 2 is 1.72 bits per heavy atom. The van der Waals surface area contributed by atoms with Crippen LogP contribution in [-0.4, -0.2) is 16.2 Å². The van der Waals surface area contributed by atoms with Gasteiger partial charge in [-0.25, -0.2) is 4.79 Å². The lowest BCUT2D eigenvalue weighted by Gasteiger charge is -2.09. The third kappa shape index (κ3) is 1.90. The molecule has 18 heavy (non-hydrogen) atoms. The molecule has 0 saturated heterocycles. The fourth-order valence-corrected chi connectivity index (χ4v) is 2.32. The van der Waals surface area contributed by atoms with E-state index in [0.29, 0.717) is 11.3 Å². The van der Waals surface area contributed by atoms with E-state index in [2.05, 4.69) is 17.3 Å². The lowest BCUT2D eigenvalue weighted by atomic mass is 9.95. The summed E-state index contributed by atoms with van der Waals surface area (Å²) in [6, 6.07) is 4.10. The summed E-state index contributed by atoms with van der Waals surface area (Å²) in [5.74, 6) is -1.18. The van der Waals surface area contributed by atoms with Gasteiger partial charge in [0.2, 0.25) is 5.76 Å². The minimum absolute atomic E-state index is 0.0932. The highest BCUT2D eigenvalue weighted by atomic mass is 16.5. The molecule has 0 atom stereocenters. The second-order valence-electron chi connectivity index (χ2n) is 4.56. The van der Waals surface area contributed by atoms with Crippen LogP contribution in [0, 0.1) is 27.7 Å². The molecule has 1 heterocycles. The molecule has 2 aromatic rings. The standard InChI is InChI=1S/C14H15NO3/c1-7-5-8(2)11(9(3)6-7)12-10(4)13(14(16)17)18-15-12/h5-6H,1-4H3,(H,16,17). The number of nitrogens with zero attached hydrogens (tertiary/aromatic N) is 1. The summed E-state index contributed by atoms with van der Waals surface area (Å²) >= 11 is 0. The second kappa shape index (κ2) is 4.29. The summed E-state index contributed by atoms with van der Waals surface area (Å²) < 4.78 is 4.90. The zero-order chi connectivity index (χ0) is 13.4. The fraction of sp³-hybridized carbons (Fsp3) is 0.286. The van der Waals surface area contributed by atoms with E-state index >= 15 is 0 Å². The zero-order valence-electron chi connectivity index (χ0n) is 10.9. The Morgan fingerprint density at radius 1 is 1.17 bits per heavy atom. The number of hydrogen-bond acceptors (Lipinski definition) is 3. The zero-order valence-corrected chi connectivity index (χ0v) is 10.9. The molecule has 0 spiro atoms. The Balaban J connectivity index is 2.67. The Morgan fingerprint density at radius 3 is 2.17 bits per heavy atom. The van der Waals surface area contributed by atoms with Crippen LogP contribution >= 0.6 is 0 Å². The topological polar surface area (TPSA) is 63.3 Å². The number of carboxylic acid groups (broad SMARTS) is 1. The summed E-state index contributed by atoms with van der Waals surface area (Å²) in [5, 5.41) is 12.9. The van der Waals surface area contributed by atoms with Gasteiger partial charge in [0.1, 0.15) is 5.69 Å². The Bertz CT molecular complexity index is 603. The molecule has 0 aliphatic rings. The van der Waals surface area contributed by atoms with Crippen molar-refractivity contribution in [1.29, 1.82) is 0 Å². The van der Waals surface area contributed by atoms with Gasteiger partial charge in [-0.05, 0) is 38.8 Å². The average molecular weight is 245 g/mol. The van der Waals surface area contributed by atoms with Crippen molar-refractivity contribution in [1.82, 2.24) is 5.16 Å². The molecule has 0 bridgehead atoms. The van der Waals surface area contributed by atoms with Crippen LogP contribution in [0.5, 0.6) is 0 Å². The molecule has 4 nitrogen and oxygen atoms in total. The van der Waals surface area contributed by atoms with Crippen molar-refractivity contribution in [3.63, 3.8) is 0 Å². The molecule has 0 saturated carbocycles. The second-order valence-corrected chi connectivity index (χ2v) is 4.56. The average Bonchev–Trinajstić information content (AvgIpc) is 2.59. The fourth-order valence-electron chi connectivity index (χ4n) is 2.32. The SMILES string of the molecule is Cc1cc(C)c(-c2noc(C(=O)O)c2C)c(C)c1. The van der Waals surface area contributed by atoms with Crippen LogP contribution in [0.25, 0.3) is 11.3 Å². The normalized spacial score (nSPS) is 10.7. The van der Waals surface area contributed by atoms with Crippen LogP contribution in [0.15, 0.2) is 16.7 Å². The van der Waals surface area contributed by atoms with Crippen molar-refractivity contribution >= 4 is 5.97 Å². The van der Waals surface area contributed by atoms with Crippen LogP contribution in [0.4, 0.5) is 0 Å². The van der Waals surface area contributed by atoms with Crippen LogP contribution < -0.4 is 0 Å². The molecule has 0 aliphatic carbocycles. The number of aryl methyl sites for hydroxylation is 3. The first kappa shape index (κ1) is 12.4. The number of benzene rings is 1. The molecule has 1 aromatic carbocycles. The third-order valence-corrected chi connectivity index (χ3v) is 3.03. The molecular formula is C14H15NO3. The summed E-state index contributed by atoms with van der Waals surface area (Å²) in [5.41, 5.74) is 5.45. The van der Waals surface area contributed by atoms with E-state index in [-0.39, 0.29) is 5.76 Å². The summed E-state index contributed by atoms with van der Waals surface area (Å²) in [4.78, 5) is 11.0. The summed E-state index contributed by atoms with van der Waals surface area (Å²) in [7, 11) is 0. The maximum Gasteiger partial charge on any atom is 0.375 e. The molecule has 94 valence electrons. The van der Waals surface area contributed by atoms with E-state index in [1.54, 1.807) is 6.92 Å². The number of carbonyl (C=O) groups is 1. The van der Waals surface area contributed by atoms with E-state index in [1.165, 1.54) is 5.56 Å². The maximum absolute atomic E-state index is 11.0. The Kier molecular flexibility index (Phi) is 2.95. The van der Waals surface area contributed by atoms with E-state index in [1.807, 2.05) is 20.8 Å². The first-order chi connectivity index (χ1) is 8.41. The first-order valence-corrected chi connectivity index (χ1v) is 5.69. The maximum atomic E-state index is 11.0. The molecule has 0 aliphatic heterocycles. The number of rotatable bonds is 2. The Hall–Kier alpha value is -2.10. The van der Waals surface area contributed by atoms with Gasteiger partial charge in [0, 0.05) is 11.1 Å². The quantitative estimate of drug-likeness (QED) is 0.881. The first-order valence-electron chi connectivity index (χ1n) is 5.69. The third-order valence-electron chi connectivity index (χ3n) is 3.03. The highest BCUT2D eigenvalue weighted by Crippen LogP contribution is 2.31. The molecule has 0 unspecified atom stereocenters. The van der Waals surface area contributed by atoms with Gasteiger partial charge in [0.25, 0.3) is 0 Å². The largest absolute Gasteiger partial charge is 0.475 e. The van der Waals surface area contributed by atoms with Crippen LogP contribution in [-0.2, 0) is 0 Å². The van der Waals surface area contributed by atoms with E-state index in [4.69, 9.17) is 9.63 Å². The van der Waals surface area contributed by atoms with Crippen LogP contribution in [0.3, 0.4) is 0 Å². The number of hydrogen-bond donors (Lipinski definition) is 1. The van der Waals surface area contributed by atoms with E-state index in [9.17, 15) is 4.79 Å². The van der Waals surface area contributed by atoms with Crippen molar-refractivity contribution in [2.75, 3.05) is 0 Å². The van der Waals surface area contributed by atoms with Crippen LogP contribution in [0.1, 0.15) is 32.8 Å². The van der Waals surface area contributed by atoms with Gasteiger partial charge in [-0.2, -0.15) is 0 Å². The number of carboxylic acids is 1. The highest BCUT2D eigenvalue weighted by molar-refractivity contribution is 5.88. The summed E-state index contributed by atoms with van der Waals surface area (Å²) in [6.07, 6.45) is 0. The minimum Gasteiger partial charge on any atom is -0.475 e. The molecule has 2 rings (SSSR count). The van der Waals surface area contributed by atoms with Gasteiger partial charge < -0.3 is 9.63 Å². The Labute approximate surface area is 105 Å². The van der Waals surface area contributed by atoms with Crippen LogP contribution in [0.2, 0.25) is 0 Å².